The van der Waals surface area contributed by atoms with Crippen molar-refractivity contribution in [3.8, 4) is 23.0 Å². The highest BCUT2D eigenvalue weighted by Crippen LogP contribution is 2.32. The van der Waals surface area contributed by atoms with Gasteiger partial charge in [0.1, 0.15) is 18.1 Å². The smallest absolute Gasteiger partial charge is 0.308 e. The van der Waals surface area contributed by atoms with Crippen molar-refractivity contribution >= 4 is 11.8 Å². The molecule has 1 aliphatic rings. The fourth-order valence-electron chi connectivity index (χ4n) is 2.43. The van der Waals surface area contributed by atoms with Crippen LogP contribution in [0.2, 0.25) is 0 Å². The van der Waals surface area contributed by atoms with Gasteiger partial charge in [0.25, 0.3) is 0 Å². The number of hydrogen-bond donors (Lipinski definition) is 0. The fraction of sp³-hybridized carbons (Fsp3) is 0.222. The van der Waals surface area contributed by atoms with Gasteiger partial charge in [0.15, 0.2) is 17.6 Å². The number of hydrogen-bond acceptors (Lipinski definition) is 6. The van der Waals surface area contributed by atoms with E-state index in [0.29, 0.717) is 28.6 Å². The van der Waals surface area contributed by atoms with Crippen molar-refractivity contribution in [1.29, 1.82) is 0 Å². The van der Waals surface area contributed by atoms with Gasteiger partial charge >= 0.3 is 5.97 Å². The van der Waals surface area contributed by atoms with Crippen LogP contribution in [-0.4, -0.2) is 31.6 Å². The maximum Gasteiger partial charge on any atom is 0.308 e. The third-order valence-corrected chi connectivity index (χ3v) is 3.50. The maximum absolute atomic E-state index is 12.6. The van der Waals surface area contributed by atoms with E-state index in [0.717, 1.165) is 0 Å². The monoisotopic (exact) mass is 328 g/mol. The normalized spacial score (nSPS) is 15.9. The van der Waals surface area contributed by atoms with Gasteiger partial charge in [-0.1, -0.05) is 12.1 Å². The van der Waals surface area contributed by atoms with Crippen LogP contribution in [0, 0.1) is 0 Å². The van der Waals surface area contributed by atoms with Crippen LogP contribution in [0.5, 0.6) is 23.0 Å². The van der Waals surface area contributed by atoms with Crippen LogP contribution in [0.4, 0.5) is 0 Å². The molecular formula is C18H16O6. The first-order chi connectivity index (χ1) is 11.6. The third kappa shape index (κ3) is 3.17. The summed E-state index contributed by atoms with van der Waals surface area (Å²) in [5.41, 5.74) is 0.386. The number of carbonyl (C=O) groups is 2. The second-order valence-corrected chi connectivity index (χ2v) is 5.18. The van der Waals surface area contributed by atoms with Gasteiger partial charge in [-0.05, 0) is 24.3 Å². The minimum Gasteiger partial charge on any atom is -0.493 e. The Balaban J connectivity index is 1.81. The number of benzene rings is 2. The van der Waals surface area contributed by atoms with E-state index in [-0.39, 0.29) is 12.4 Å². The quantitative estimate of drug-likeness (QED) is 0.635. The van der Waals surface area contributed by atoms with Crippen molar-refractivity contribution in [2.75, 3.05) is 13.7 Å². The van der Waals surface area contributed by atoms with Gasteiger partial charge in [-0.15, -0.1) is 0 Å². The summed E-state index contributed by atoms with van der Waals surface area (Å²) in [4.78, 5) is 23.6. The summed E-state index contributed by atoms with van der Waals surface area (Å²) in [5, 5.41) is 0. The number of ketones is 1. The molecule has 1 heterocycles. The number of Topliss-reactive ketones (excluding diaryl/α,β-unsaturated/α-hetero) is 1. The van der Waals surface area contributed by atoms with Gasteiger partial charge in [0.05, 0.1) is 12.7 Å². The molecule has 6 nitrogen and oxygen atoms in total. The summed E-state index contributed by atoms with van der Waals surface area (Å²) >= 11 is 0. The minimum atomic E-state index is -0.770. The topological polar surface area (TPSA) is 71.1 Å². The van der Waals surface area contributed by atoms with Crippen LogP contribution in [0.1, 0.15) is 17.3 Å². The Morgan fingerprint density at radius 3 is 2.62 bits per heavy atom. The van der Waals surface area contributed by atoms with Crippen molar-refractivity contribution in [3.63, 3.8) is 0 Å². The molecule has 0 bridgehead atoms. The molecule has 0 N–H and O–H groups in total. The standard InChI is InChI=1S/C18H16O6/c1-11(19)23-12-7-8-13-16(9-12)22-10-17(18(13)20)24-15-6-4-3-5-14(15)21-2/h3-9,17H,10H2,1-2H3. The number of esters is 1. The Morgan fingerprint density at radius 1 is 1.17 bits per heavy atom. The summed E-state index contributed by atoms with van der Waals surface area (Å²) in [6.45, 7) is 1.37. The number of fused-ring (bicyclic) bond motifs is 1. The zero-order chi connectivity index (χ0) is 17.1. The summed E-state index contributed by atoms with van der Waals surface area (Å²) in [5.74, 6) is 1.09. The lowest BCUT2D eigenvalue weighted by Gasteiger charge is -2.25. The van der Waals surface area contributed by atoms with E-state index in [1.807, 2.05) is 6.07 Å². The molecule has 0 amide bonds. The number of carbonyl (C=O) groups excluding carboxylic acids is 2. The van der Waals surface area contributed by atoms with Crippen LogP contribution in [-0.2, 0) is 4.79 Å². The third-order valence-electron chi connectivity index (χ3n) is 3.50. The van der Waals surface area contributed by atoms with Crippen molar-refractivity contribution in [3.05, 3.63) is 48.0 Å². The molecule has 24 heavy (non-hydrogen) atoms. The Kier molecular flexibility index (Phi) is 4.37. The largest absolute Gasteiger partial charge is 0.493 e. The van der Waals surface area contributed by atoms with Gasteiger partial charge in [0.2, 0.25) is 5.78 Å². The second kappa shape index (κ2) is 6.62. The van der Waals surface area contributed by atoms with E-state index < -0.39 is 12.1 Å². The number of para-hydroxylation sites is 2. The fourth-order valence-corrected chi connectivity index (χ4v) is 2.43. The van der Waals surface area contributed by atoms with Crippen molar-refractivity contribution in [1.82, 2.24) is 0 Å². The first-order valence-corrected chi connectivity index (χ1v) is 7.37. The van der Waals surface area contributed by atoms with Gasteiger partial charge < -0.3 is 18.9 Å². The highest BCUT2D eigenvalue weighted by Gasteiger charge is 2.31. The maximum atomic E-state index is 12.6. The van der Waals surface area contributed by atoms with Crippen molar-refractivity contribution in [2.24, 2.45) is 0 Å². The molecule has 0 radical (unpaired) electrons. The molecule has 0 fully saturated rings. The van der Waals surface area contributed by atoms with E-state index in [9.17, 15) is 9.59 Å². The second-order valence-electron chi connectivity index (χ2n) is 5.18. The zero-order valence-electron chi connectivity index (χ0n) is 13.3. The first-order valence-electron chi connectivity index (χ1n) is 7.37. The molecule has 124 valence electrons. The molecule has 0 aliphatic carbocycles. The summed E-state index contributed by atoms with van der Waals surface area (Å²) in [6.07, 6.45) is -0.770. The molecule has 1 atom stereocenters. The Bertz CT molecular complexity index is 783. The van der Waals surface area contributed by atoms with Crippen molar-refractivity contribution < 1.29 is 28.5 Å². The van der Waals surface area contributed by atoms with E-state index in [2.05, 4.69) is 0 Å². The Hall–Kier alpha value is -3.02. The van der Waals surface area contributed by atoms with Crippen LogP contribution in [0.3, 0.4) is 0 Å². The van der Waals surface area contributed by atoms with E-state index in [1.165, 1.54) is 20.1 Å². The van der Waals surface area contributed by atoms with Gasteiger partial charge in [0, 0.05) is 13.0 Å². The predicted molar refractivity (Wildman–Crippen MR) is 85.0 cm³/mol. The minimum absolute atomic E-state index is 0.0629. The van der Waals surface area contributed by atoms with Gasteiger partial charge in [-0.2, -0.15) is 0 Å². The zero-order valence-corrected chi connectivity index (χ0v) is 13.3. The molecule has 2 aromatic carbocycles. The molecule has 0 aromatic heterocycles. The summed E-state index contributed by atoms with van der Waals surface area (Å²) in [6, 6.07) is 11.7. The highest BCUT2D eigenvalue weighted by molar-refractivity contribution is 6.03. The molecular weight excluding hydrogens is 312 g/mol. The van der Waals surface area contributed by atoms with Crippen LogP contribution in [0.15, 0.2) is 42.5 Å². The van der Waals surface area contributed by atoms with E-state index >= 15 is 0 Å². The van der Waals surface area contributed by atoms with E-state index in [1.54, 1.807) is 30.3 Å². The Morgan fingerprint density at radius 2 is 1.92 bits per heavy atom. The predicted octanol–water partition coefficient (Wildman–Crippen LogP) is 2.64. The van der Waals surface area contributed by atoms with Crippen LogP contribution in [0.25, 0.3) is 0 Å². The molecule has 0 saturated heterocycles. The average molecular weight is 328 g/mol. The lowest BCUT2D eigenvalue weighted by atomic mass is 10.0. The molecule has 1 aliphatic heterocycles. The number of methoxy groups -OCH3 is 1. The lowest BCUT2D eigenvalue weighted by Crippen LogP contribution is -2.37. The van der Waals surface area contributed by atoms with E-state index in [4.69, 9.17) is 18.9 Å². The van der Waals surface area contributed by atoms with Crippen LogP contribution >= 0.6 is 0 Å². The number of ether oxygens (including phenoxy) is 4. The Labute approximate surface area is 138 Å². The first kappa shape index (κ1) is 15.9. The van der Waals surface area contributed by atoms with Gasteiger partial charge in [-0.25, -0.2) is 0 Å². The van der Waals surface area contributed by atoms with Crippen LogP contribution < -0.4 is 18.9 Å². The summed E-state index contributed by atoms with van der Waals surface area (Å²) in [7, 11) is 1.53. The SMILES string of the molecule is COc1ccccc1OC1COc2cc(OC(C)=O)ccc2C1=O. The molecule has 1 unspecified atom stereocenters. The summed E-state index contributed by atoms with van der Waals surface area (Å²) < 4.78 is 21.6. The molecule has 6 heteroatoms. The molecule has 0 spiro atoms. The number of rotatable bonds is 4. The lowest BCUT2D eigenvalue weighted by molar-refractivity contribution is -0.131. The average Bonchev–Trinajstić information content (AvgIpc) is 2.57. The molecule has 0 saturated carbocycles. The molecule has 2 aromatic rings. The van der Waals surface area contributed by atoms with Crippen molar-refractivity contribution in [2.45, 2.75) is 13.0 Å². The molecule has 3 rings (SSSR count). The van der Waals surface area contributed by atoms with Gasteiger partial charge in [-0.3, -0.25) is 9.59 Å². The highest BCUT2D eigenvalue weighted by atomic mass is 16.6.